The van der Waals surface area contributed by atoms with Gasteiger partial charge in [0.1, 0.15) is 11.8 Å². The van der Waals surface area contributed by atoms with E-state index >= 15 is 0 Å². The van der Waals surface area contributed by atoms with Crippen LogP contribution in [0.5, 0.6) is 17.2 Å². The first-order valence-electron chi connectivity index (χ1n) is 21.6. The highest BCUT2D eigenvalue weighted by molar-refractivity contribution is 7.92. The van der Waals surface area contributed by atoms with Gasteiger partial charge in [0.2, 0.25) is 0 Å². The maximum Gasteiger partial charge on any atom is 0.261 e. The van der Waals surface area contributed by atoms with Crippen LogP contribution in [0.4, 0.5) is 5.69 Å². The van der Waals surface area contributed by atoms with Crippen molar-refractivity contribution in [2.24, 2.45) is 0 Å². The second kappa shape index (κ2) is 27.3. The fourth-order valence-electron chi connectivity index (χ4n) is 6.69. The fraction of sp³-hybridized carbons (Fsp3) is 0.396. The first kappa shape index (κ1) is 50.8. The van der Waals surface area contributed by atoms with Crippen LogP contribution in [0.25, 0.3) is 10.9 Å². The molecule has 17 nitrogen and oxygen atoms in total. The number of nitriles is 1. The number of nitrogens with zero attached hydrogens (tertiary/aromatic N) is 1. The minimum atomic E-state index is -3.97. The van der Waals surface area contributed by atoms with E-state index in [0.717, 1.165) is 36.1 Å². The minimum Gasteiger partial charge on any atom is -0.493 e. The van der Waals surface area contributed by atoms with Crippen LogP contribution in [0.3, 0.4) is 0 Å². The average Bonchev–Trinajstić information content (AvgIpc) is 3.78. The topological polar surface area (TPSA) is 218 Å². The molecule has 0 atom stereocenters. The van der Waals surface area contributed by atoms with Gasteiger partial charge in [-0.3, -0.25) is 14.3 Å². The van der Waals surface area contributed by atoms with Crippen LogP contribution in [0.1, 0.15) is 39.0 Å². The Hall–Kier alpha value is -6.20. The molecule has 0 aliphatic carbocycles. The number of rotatable bonds is 31. The van der Waals surface area contributed by atoms with Crippen molar-refractivity contribution in [2.75, 3.05) is 105 Å². The van der Waals surface area contributed by atoms with Crippen LogP contribution in [0.2, 0.25) is 0 Å². The van der Waals surface area contributed by atoms with Crippen molar-refractivity contribution in [3.63, 3.8) is 0 Å². The van der Waals surface area contributed by atoms with Crippen LogP contribution >= 0.6 is 0 Å². The van der Waals surface area contributed by atoms with Crippen LogP contribution in [-0.2, 0) is 51.3 Å². The number of sulfonamides is 1. The summed E-state index contributed by atoms with van der Waals surface area (Å²) >= 11 is 0. The Labute approximate surface area is 386 Å². The number of anilines is 1. The zero-order valence-corrected chi connectivity index (χ0v) is 38.5. The number of methoxy groups -OCH3 is 2. The molecule has 0 aliphatic rings. The van der Waals surface area contributed by atoms with Crippen molar-refractivity contribution in [3.05, 3.63) is 113 Å². The monoisotopic (exact) mass is 929 g/mol. The smallest absolute Gasteiger partial charge is 0.261 e. The molecule has 66 heavy (non-hydrogen) atoms. The fourth-order valence-corrected chi connectivity index (χ4v) is 7.76. The van der Waals surface area contributed by atoms with E-state index in [9.17, 15) is 23.3 Å². The Bertz CT molecular complexity index is 2450. The minimum absolute atomic E-state index is 0.0161. The Morgan fingerprint density at radius 2 is 1.30 bits per heavy atom. The summed E-state index contributed by atoms with van der Waals surface area (Å²) in [5, 5.41) is 15.6. The van der Waals surface area contributed by atoms with Crippen LogP contribution < -0.4 is 29.6 Å². The molecule has 18 heteroatoms. The number of aryl methyl sites for hydroxylation is 3. The van der Waals surface area contributed by atoms with E-state index in [1.165, 1.54) is 29.8 Å². The molecular formula is C48H59N5O12S. The van der Waals surface area contributed by atoms with Crippen molar-refractivity contribution < 1.29 is 55.9 Å². The summed E-state index contributed by atoms with van der Waals surface area (Å²) in [4.78, 5) is 27.8. The first-order chi connectivity index (χ1) is 32.1. The molecule has 0 saturated heterocycles. The van der Waals surface area contributed by atoms with Gasteiger partial charge in [-0.15, -0.1) is 0 Å². The molecular weight excluding hydrogens is 871 g/mol. The van der Waals surface area contributed by atoms with Crippen LogP contribution in [0.15, 0.2) is 90.0 Å². The molecule has 0 radical (unpaired) electrons. The summed E-state index contributed by atoms with van der Waals surface area (Å²) in [5.74, 6) is 1.49. The van der Waals surface area contributed by atoms with Gasteiger partial charge in [0.15, 0.2) is 18.1 Å². The number of aromatic nitrogens is 1. The first-order valence-corrected chi connectivity index (χ1v) is 23.1. The van der Waals surface area contributed by atoms with E-state index in [1.54, 1.807) is 32.5 Å². The lowest BCUT2D eigenvalue weighted by atomic mass is 10.0. The van der Waals surface area contributed by atoms with E-state index in [0.29, 0.717) is 105 Å². The van der Waals surface area contributed by atoms with Gasteiger partial charge in [0.05, 0.1) is 102 Å². The summed E-state index contributed by atoms with van der Waals surface area (Å²) in [6.45, 7) is 6.07. The molecule has 0 spiro atoms. The molecule has 5 aromatic rings. The molecule has 354 valence electrons. The standard InChI is InChI=1S/C48H59N5O12S/c1-35-10-16-42(47-46(35)39(32-49)33-52-47)53-66(56,57)41-14-12-38(13-15-41)48(55)51-19-21-61-23-25-63-27-29-64-28-26-62-24-22-60-20-18-50-45(54)34-65-40-9-5-8-36(30-40)6-4-7-37-11-17-43(58-2)44(31-37)59-3/h5,8-17,30-31,33,52-53H,4,6-7,18-29,34H2,1-3H3,(H,50,54)(H,51,55). The number of ether oxygens (including phenoxy) is 8. The predicted octanol–water partition coefficient (Wildman–Crippen LogP) is 5.35. The molecule has 4 N–H and O–H groups in total. The van der Waals surface area contributed by atoms with E-state index in [1.807, 2.05) is 43.3 Å². The van der Waals surface area contributed by atoms with Gasteiger partial charge in [-0.1, -0.05) is 24.3 Å². The van der Waals surface area contributed by atoms with Gasteiger partial charge < -0.3 is 53.5 Å². The molecule has 1 heterocycles. The van der Waals surface area contributed by atoms with Crippen molar-refractivity contribution >= 4 is 38.4 Å². The van der Waals surface area contributed by atoms with Crippen molar-refractivity contribution in [2.45, 2.75) is 31.1 Å². The predicted molar refractivity (Wildman–Crippen MR) is 248 cm³/mol. The highest BCUT2D eigenvalue weighted by Gasteiger charge is 2.19. The number of aromatic amines is 1. The molecule has 1 aromatic heterocycles. The molecule has 0 unspecified atom stereocenters. The number of carbonyl (C=O) groups excluding carboxylic acids is 2. The van der Waals surface area contributed by atoms with E-state index in [2.05, 4.69) is 32.5 Å². The summed E-state index contributed by atoms with van der Waals surface area (Å²) in [6, 6.07) is 24.8. The van der Waals surface area contributed by atoms with Crippen LogP contribution in [-0.4, -0.2) is 125 Å². The third-order valence-corrected chi connectivity index (χ3v) is 11.5. The normalized spacial score (nSPS) is 11.2. The largest absolute Gasteiger partial charge is 0.493 e. The number of nitrogens with one attached hydrogen (secondary N) is 4. The number of H-pyrrole nitrogens is 1. The molecule has 0 saturated carbocycles. The number of fused-ring (bicyclic) bond motifs is 1. The van der Waals surface area contributed by atoms with Gasteiger partial charge in [0.25, 0.3) is 21.8 Å². The summed E-state index contributed by atoms with van der Waals surface area (Å²) < 4.78 is 72.8. The molecule has 0 fully saturated rings. The molecule has 5 rings (SSSR count). The van der Waals surface area contributed by atoms with E-state index < -0.39 is 10.0 Å². The Morgan fingerprint density at radius 3 is 1.92 bits per heavy atom. The Kier molecular flexibility index (Phi) is 21.0. The SMILES string of the molecule is COc1ccc(CCCc2cccc(OCC(=O)NCCOCCOCCOCCOCCOCCNC(=O)c3ccc(S(=O)(=O)Nc4ccc(C)c5c(C#N)c[nH]c45)cc3)c2)cc1OC. The van der Waals surface area contributed by atoms with Gasteiger partial charge in [-0.25, -0.2) is 8.42 Å². The summed E-state index contributed by atoms with van der Waals surface area (Å²) in [6.07, 6.45) is 4.26. The van der Waals surface area contributed by atoms with E-state index in [-0.39, 0.29) is 36.5 Å². The van der Waals surface area contributed by atoms with Crippen molar-refractivity contribution in [1.29, 1.82) is 5.26 Å². The van der Waals surface area contributed by atoms with Crippen LogP contribution in [0, 0.1) is 18.3 Å². The molecule has 2 amide bonds. The third kappa shape index (κ3) is 16.3. The number of amides is 2. The number of carbonyl (C=O) groups is 2. The zero-order valence-electron chi connectivity index (χ0n) is 37.7. The van der Waals surface area contributed by atoms with Gasteiger partial charge in [-0.2, -0.15) is 5.26 Å². The summed E-state index contributed by atoms with van der Waals surface area (Å²) in [5.41, 5.74) is 4.70. The quantitative estimate of drug-likeness (QED) is 0.0413. The Morgan fingerprint density at radius 1 is 0.697 bits per heavy atom. The lowest BCUT2D eigenvalue weighted by Gasteiger charge is -2.11. The summed E-state index contributed by atoms with van der Waals surface area (Å²) in [7, 11) is -0.714. The maximum atomic E-state index is 13.1. The third-order valence-electron chi connectivity index (χ3n) is 10.1. The number of benzene rings is 4. The highest BCUT2D eigenvalue weighted by Crippen LogP contribution is 2.31. The Balaban J connectivity index is 0.792. The average molecular weight is 930 g/mol. The maximum absolute atomic E-state index is 13.1. The van der Waals surface area contributed by atoms with Crippen molar-refractivity contribution in [3.8, 4) is 23.3 Å². The van der Waals surface area contributed by atoms with Crippen molar-refractivity contribution in [1.82, 2.24) is 15.6 Å². The van der Waals surface area contributed by atoms with Gasteiger partial charge in [-0.05, 0) is 97.5 Å². The second-order valence-corrected chi connectivity index (χ2v) is 16.5. The molecule has 4 aromatic carbocycles. The van der Waals surface area contributed by atoms with E-state index in [4.69, 9.17) is 37.9 Å². The molecule has 0 aliphatic heterocycles. The zero-order chi connectivity index (χ0) is 47.0. The van der Waals surface area contributed by atoms with Gasteiger partial charge in [0, 0.05) is 30.2 Å². The number of hydrogen-bond donors (Lipinski definition) is 4. The second-order valence-electron chi connectivity index (χ2n) is 14.8. The lowest BCUT2D eigenvalue weighted by molar-refractivity contribution is -0.123. The highest BCUT2D eigenvalue weighted by atomic mass is 32.2. The lowest BCUT2D eigenvalue weighted by Crippen LogP contribution is -2.31. The van der Waals surface area contributed by atoms with Gasteiger partial charge >= 0.3 is 0 Å². The number of hydrogen-bond acceptors (Lipinski definition) is 13. The molecule has 0 bridgehead atoms.